The second-order valence-corrected chi connectivity index (χ2v) is 6.97. The summed E-state index contributed by atoms with van der Waals surface area (Å²) in [5.41, 5.74) is 1.92. The van der Waals surface area contributed by atoms with Crippen molar-refractivity contribution >= 4 is 15.2 Å². The number of ether oxygens (including phenoxy) is 1. The van der Waals surface area contributed by atoms with Crippen molar-refractivity contribution in [2.45, 2.75) is 37.5 Å². The van der Waals surface area contributed by atoms with Crippen molar-refractivity contribution in [2.24, 2.45) is 0 Å². The lowest BCUT2D eigenvalue weighted by molar-refractivity contribution is 0.0650. The Morgan fingerprint density at radius 3 is 2.88 bits per heavy atom. The van der Waals surface area contributed by atoms with Crippen LogP contribution in [0.2, 0.25) is 6.04 Å². The molecule has 1 atom stereocenters. The summed E-state index contributed by atoms with van der Waals surface area (Å²) in [7, 11) is 0.00315. The highest BCUT2D eigenvalue weighted by atomic mass is 28.2. The number of anilines is 1. The van der Waals surface area contributed by atoms with Crippen LogP contribution in [-0.4, -0.2) is 28.4 Å². The van der Waals surface area contributed by atoms with Crippen molar-refractivity contribution in [1.29, 1.82) is 0 Å². The highest BCUT2D eigenvalue weighted by molar-refractivity contribution is 6.37. The van der Waals surface area contributed by atoms with Gasteiger partial charge < -0.3 is 10.1 Å². The molecule has 1 aliphatic rings. The van der Waals surface area contributed by atoms with Crippen LogP contribution in [0.25, 0.3) is 0 Å². The highest BCUT2D eigenvalue weighted by Crippen LogP contribution is 2.13. The Kier molecular flexibility index (Phi) is 5.59. The molecule has 1 unspecified atom stereocenters. The van der Waals surface area contributed by atoms with Crippen molar-refractivity contribution < 1.29 is 4.74 Å². The summed E-state index contributed by atoms with van der Waals surface area (Å²) in [6, 6.07) is 11.9. The second kappa shape index (κ2) is 7.51. The van der Waals surface area contributed by atoms with Crippen molar-refractivity contribution in [2.75, 3.05) is 18.5 Å². The first kappa shape index (κ1) is 12.6. The molecule has 1 N–H and O–H groups in total. The zero-order chi connectivity index (χ0) is 11.8. The van der Waals surface area contributed by atoms with Gasteiger partial charge in [0, 0.05) is 24.6 Å². The average Bonchev–Trinajstić information content (AvgIpc) is 2.41. The van der Waals surface area contributed by atoms with E-state index in [0.717, 1.165) is 13.2 Å². The number of nitrogens with one attached hydrogen (secondary N) is 1. The van der Waals surface area contributed by atoms with Gasteiger partial charge in [-0.15, -0.1) is 0 Å². The smallest absolute Gasteiger partial charge is 0.0556 e. The molecule has 0 spiro atoms. The molecule has 1 aliphatic heterocycles. The zero-order valence-electron chi connectivity index (χ0n) is 10.5. The molecule has 1 aromatic rings. The van der Waals surface area contributed by atoms with Crippen molar-refractivity contribution in [3.63, 3.8) is 0 Å². The van der Waals surface area contributed by atoms with Crippen LogP contribution >= 0.6 is 0 Å². The molecule has 0 aliphatic carbocycles. The third-order valence-corrected chi connectivity index (χ3v) is 5.53. The molecular formula is C14H23NOSi. The molecule has 1 heterocycles. The van der Waals surface area contributed by atoms with Gasteiger partial charge in [0.15, 0.2) is 0 Å². The summed E-state index contributed by atoms with van der Waals surface area (Å²) in [6.07, 6.45) is 5.29. The van der Waals surface area contributed by atoms with E-state index in [9.17, 15) is 0 Å². The van der Waals surface area contributed by atoms with Crippen molar-refractivity contribution in [3.8, 4) is 0 Å². The van der Waals surface area contributed by atoms with E-state index >= 15 is 0 Å². The van der Waals surface area contributed by atoms with Gasteiger partial charge in [0.2, 0.25) is 0 Å². The number of hydrogen-bond donors (Lipinski definition) is 1. The van der Waals surface area contributed by atoms with Crippen LogP contribution in [0.3, 0.4) is 0 Å². The molecule has 3 heteroatoms. The largest absolute Gasteiger partial charge is 0.385 e. The first-order valence-electron chi connectivity index (χ1n) is 6.86. The van der Waals surface area contributed by atoms with Gasteiger partial charge in [-0.3, -0.25) is 0 Å². The molecular weight excluding hydrogens is 226 g/mol. The van der Waals surface area contributed by atoms with Crippen LogP contribution in [0.1, 0.15) is 25.7 Å². The van der Waals surface area contributed by atoms with Crippen LogP contribution in [0.5, 0.6) is 0 Å². The van der Waals surface area contributed by atoms with E-state index in [1.165, 1.54) is 37.4 Å². The van der Waals surface area contributed by atoms with Gasteiger partial charge in [0.1, 0.15) is 0 Å². The van der Waals surface area contributed by atoms with E-state index in [1.54, 1.807) is 0 Å². The van der Waals surface area contributed by atoms with Crippen molar-refractivity contribution in [1.82, 2.24) is 0 Å². The molecule has 2 rings (SSSR count). The molecule has 0 bridgehead atoms. The van der Waals surface area contributed by atoms with E-state index in [0.29, 0.717) is 5.73 Å². The first-order chi connectivity index (χ1) is 8.45. The van der Waals surface area contributed by atoms with Crippen LogP contribution in [0, 0.1) is 0 Å². The lowest BCUT2D eigenvalue weighted by Gasteiger charge is -2.22. The Morgan fingerprint density at radius 1 is 1.24 bits per heavy atom. The minimum atomic E-state index is 0.00315. The average molecular weight is 249 g/mol. The number of hydrogen-bond acceptors (Lipinski definition) is 2. The molecule has 0 aromatic heterocycles. The zero-order valence-corrected chi connectivity index (χ0v) is 11.9. The summed E-state index contributed by atoms with van der Waals surface area (Å²) in [5, 5.41) is 3.46. The van der Waals surface area contributed by atoms with E-state index in [1.807, 2.05) is 0 Å². The summed E-state index contributed by atoms with van der Waals surface area (Å²) in [6.45, 7) is 2.11. The number of benzene rings is 1. The summed E-state index contributed by atoms with van der Waals surface area (Å²) >= 11 is 0. The van der Waals surface area contributed by atoms with Crippen LogP contribution in [0.15, 0.2) is 30.3 Å². The Balaban J connectivity index is 1.51. The third kappa shape index (κ3) is 4.92. The molecule has 17 heavy (non-hydrogen) atoms. The predicted octanol–water partition coefficient (Wildman–Crippen LogP) is 2.60. The third-order valence-electron chi connectivity index (χ3n) is 3.33. The molecule has 1 aromatic carbocycles. The quantitative estimate of drug-likeness (QED) is 0.618. The van der Waals surface area contributed by atoms with Gasteiger partial charge in [0.05, 0.1) is 9.52 Å². The van der Waals surface area contributed by atoms with E-state index in [2.05, 4.69) is 35.6 Å². The molecule has 2 nitrogen and oxygen atoms in total. The maximum Gasteiger partial charge on any atom is 0.0556 e. The Morgan fingerprint density at radius 2 is 2.12 bits per heavy atom. The predicted molar refractivity (Wildman–Crippen MR) is 76.5 cm³/mol. The maximum atomic E-state index is 5.78. The minimum Gasteiger partial charge on any atom is -0.385 e. The number of para-hydroxylation sites is 1. The fourth-order valence-corrected chi connectivity index (χ4v) is 4.23. The maximum absolute atomic E-state index is 5.78. The Bertz CT molecular complexity index is 298. The van der Waals surface area contributed by atoms with Crippen molar-refractivity contribution in [3.05, 3.63) is 30.3 Å². The topological polar surface area (TPSA) is 21.3 Å². The van der Waals surface area contributed by atoms with E-state index in [-0.39, 0.29) is 9.52 Å². The second-order valence-electron chi connectivity index (χ2n) is 4.78. The monoisotopic (exact) mass is 249 g/mol. The fourth-order valence-electron chi connectivity index (χ4n) is 2.32. The van der Waals surface area contributed by atoms with Crippen LogP contribution in [-0.2, 0) is 4.74 Å². The fraction of sp³-hybridized carbons (Fsp3) is 0.571. The molecule has 0 amide bonds. The normalized spacial score (nSPS) is 20.8. The summed E-state index contributed by atoms with van der Waals surface area (Å²) < 4.78 is 5.78. The molecule has 0 radical (unpaired) electrons. The Hall–Kier alpha value is -0.803. The van der Waals surface area contributed by atoms with Gasteiger partial charge >= 0.3 is 0 Å². The first-order valence-corrected chi connectivity index (χ1v) is 8.67. The minimum absolute atomic E-state index is 0.00315. The van der Waals surface area contributed by atoms with E-state index < -0.39 is 0 Å². The van der Waals surface area contributed by atoms with Gasteiger partial charge in [-0.25, -0.2) is 0 Å². The lowest BCUT2D eigenvalue weighted by Crippen LogP contribution is -2.25. The van der Waals surface area contributed by atoms with E-state index in [4.69, 9.17) is 4.74 Å². The molecule has 1 saturated heterocycles. The van der Waals surface area contributed by atoms with Gasteiger partial charge in [-0.2, -0.15) is 0 Å². The molecule has 0 saturated carbocycles. The summed E-state index contributed by atoms with van der Waals surface area (Å²) in [5.74, 6) is 0. The standard InChI is InChI=1S/C14H23NOSi/c1-2-7-13(8-3-1)15-10-6-12-17-14-9-4-5-11-16-14/h1-3,7-8,14-15H,4-6,9-12,17H2. The van der Waals surface area contributed by atoms with Crippen LogP contribution < -0.4 is 5.32 Å². The summed E-state index contributed by atoms with van der Waals surface area (Å²) in [4.78, 5) is 0. The number of rotatable bonds is 6. The highest BCUT2D eigenvalue weighted by Gasteiger charge is 2.12. The van der Waals surface area contributed by atoms with Gasteiger partial charge in [-0.05, 0) is 37.8 Å². The Labute approximate surface area is 107 Å². The lowest BCUT2D eigenvalue weighted by atomic mass is 10.2. The van der Waals surface area contributed by atoms with Gasteiger partial charge in [-0.1, -0.05) is 24.2 Å². The molecule has 94 valence electrons. The van der Waals surface area contributed by atoms with Crippen LogP contribution in [0.4, 0.5) is 5.69 Å². The SMILES string of the molecule is c1ccc(NCCC[SiH2]C2CCCCO2)cc1. The molecule has 1 fully saturated rings. The van der Waals surface area contributed by atoms with Gasteiger partial charge in [0.25, 0.3) is 0 Å².